The number of aryl methyl sites for hydroxylation is 1. The van der Waals surface area contributed by atoms with Crippen LogP contribution in [0.3, 0.4) is 0 Å². The molecule has 1 fully saturated rings. The van der Waals surface area contributed by atoms with Crippen LogP contribution in [0.15, 0.2) is 47.4 Å². The Kier molecular flexibility index (Phi) is 8.29. The fourth-order valence-electron chi connectivity index (χ4n) is 4.61. The Morgan fingerprint density at radius 3 is 2.50 bits per heavy atom. The average Bonchev–Trinajstić information content (AvgIpc) is 3.55. The van der Waals surface area contributed by atoms with E-state index in [0.29, 0.717) is 43.4 Å². The second-order valence-corrected chi connectivity index (χ2v) is 11.8. The van der Waals surface area contributed by atoms with Crippen LogP contribution in [0.5, 0.6) is 5.75 Å². The van der Waals surface area contributed by atoms with Gasteiger partial charge in [0.1, 0.15) is 11.8 Å². The van der Waals surface area contributed by atoms with Crippen molar-refractivity contribution in [2.75, 3.05) is 44.7 Å². The molecule has 3 aromatic rings. The number of para-hydroxylation sites is 1. The van der Waals surface area contributed by atoms with Crippen molar-refractivity contribution in [2.24, 2.45) is 0 Å². The minimum atomic E-state index is -3.84. The maximum atomic E-state index is 14.0. The molecule has 1 atom stereocenters. The summed E-state index contributed by atoms with van der Waals surface area (Å²) in [5.74, 6) is 0.366. The van der Waals surface area contributed by atoms with Gasteiger partial charge in [-0.3, -0.25) is 9.69 Å². The van der Waals surface area contributed by atoms with E-state index in [1.165, 1.54) is 34.9 Å². The summed E-state index contributed by atoms with van der Waals surface area (Å²) in [6.07, 6.45) is 1.12. The highest BCUT2D eigenvalue weighted by Gasteiger charge is 2.42. The van der Waals surface area contributed by atoms with E-state index in [-0.39, 0.29) is 10.8 Å². The van der Waals surface area contributed by atoms with Crippen molar-refractivity contribution in [1.29, 1.82) is 0 Å². The number of benzene rings is 2. The van der Waals surface area contributed by atoms with Crippen LogP contribution in [-0.4, -0.2) is 74.4 Å². The molecule has 36 heavy (non-hydrogen) atoms. The lowest BCUT2D eigenvalue weighted by molar-refractivity contribution is -0.121. The topological polar surface area (TPSA) is 83.0 Å². The lowest BCUT2D eigenvalue weighted by Crippen LogP contribution is -2.49. The number of amides is 1. The quantitative estimate of drug-likeness (QED) is 0.392. The van der Waals surface area contributed by atoms with Crippen molar-refractivity contribution >= 4 is 42.6 Å². The maximum absolute atomic E-state index is 14.0. The molecule has 0 saturated carbocycles. The highest BCUT2D eigenvalue weighted by Crippen LogP contribution is 2.34. The van der Waals surface area contributed by atoms with E-state index in [1.807, 2.05) is 25.1 Å². The summed E-state index contributed by atoms with van der Waals surface area (Å²) in [6.45, 7) is 9.39. The zero-order valence-corrected chi connectivity index (χ0v) is 22.9. The standard InChI is InChI=1S/C26H34N4O4S2/c1-5-28(6-2)17-18-29(26-27-24-19(3)9-7-11-23(24)35-26)25(31)22-10-8-16-30(22)36(32,33)21-14-12-20(34-4)13-15-21/h7,9,11-15,22H,5-6,8,10,16-18H2,1-4H3. The first-order chi connectivity index (χ1) is 17.3. The molecule has 0 aliphatic carbocycles. The van der Waals surface area contributed by atoms with Crippen molar-refractivity contribution in [1.82, 2.24) is 14.2 Å². The Labute approximate surface area is 217 Å². The lowest BCUT2D eigenvalue weighted by atomic mass is 10.2. The van der Waals surface area contributed by atoms with Crippen LogP contribution in [0, 0.1) is 6.92 Å². The van der Waals surface area contributed by atoms with E-state index in [4.69, 9.17) is 9.72 Å². The zero-order chi connectivity index (χ0) is 25.9. The van der Waals surface area contributed by atoms with Crippen LogP contribution in [-0.2, 0) is 14.8 Å². The van der Waals surface area contributed by atoms with Crippen molar-refractivity contribution in [3.8, 4) is 5.75 Å². The third-order valence-electron chi connectivity index (χ3n) is 6.80. The van der Waals surface area contributed by atoms with Crippen molar-refractivity contribution in [3.63, 3.8) is 0 Å². The Bertz CT molecular complexity index is 1300. The summed E-state index contributed by atoms with van der Waals surface area (Å²) >= 11 is 1.48. The highest BCUT2D eigenvalue weighted by atomic mass is 32.2. The van der Waals surface area contributed by atoms with Crippen LogP contribution in [0.1, 0.15) is 32.3 Å². The number of carbonyl (C=O) groups is 1. The average molecular weight is 531 g/mol. The summed E-state index contributed by atoms with van der Waals surface area (Å²) in [6, 6.07) is 11.6. The number of thiazole rings is 1. The molecule has 10 heteroatoms. The molecule has 2 heterocycles. The van der Waals surface area contributed by atoms with E-state index in [9.17, 15) is 13.2 Å². The predicted molar refractivity (Wildman–Crippen MR) is 144 cm³/mol. The van der Waals surface area contributed by atoms with Gasteiger partial charge in [0.2, 0.25) is 15.9 Å². The number of aromatic nitrogens is 1. The van der Waals surface area contributed by atoms with Crippen LogP contribution < -0.4 is 9.64 Å². The van der Waals surface area contributed by atoms with Gasteiger partial charge in [-0.1, -0.05) is 37.3 Å². The van der Waals surface area contributed by atoms with E-state index >= 15 is 0 Å². The van der Waals surface area contributed by atoms with Gasteiger partial charge in [-0.15, -0.1) is 0 Å². The first-order valence-corrected chi connectivity index (χ1v) is 14.6. The number of ether oxygens (including phenoxy) is 1. The van der Waals surface area contributed by atoms with E-state index in [2.05, 4.69) is 18.7 Å². The number of methoxy groups -OCH3 is 1. The van der Waals surface area contributed by atoms with Gasteiger partial charge < -0.3 is 9.64 Å². The lowest BCUT2D eigenvalue weighted by Gasteiger charge is -2.30. The molecule has 4 rings (SSSR count). The van der Waals surface area contributed by atoms with Gasteiger partial charge in [0.05, 0.1) is 22.2 Å². The molecule has 0 bridgehead atoms. The fourth-order valence-corrected chi connectivity index (χ4v) is 7.33. The first-order valence-electron chi connectivity index (χ1n) is 12.4. The number of carbonyl (C=O) groups excluding carboxylic acids is 1. The first kappa shape index (κ1) is 26.5. The number of anilines is 1. The number of hydrogen-bond acceptors (Lipinski definition) is 7. The molecule has 8 nitrogen and oxygen atoms in total. The molecule has 1 unspecified atom stereocenters. The Balaban J connectivity index is 1.67. The zero-order valence-electron chi connectivity index (χ0n) is 21.3. The molecular weight excluding hydrogens is 496 g/mol. The van der Waals surface area contributed by atoms with Gasteiger partial charge in [0.15, 0.2) is 5.13 Å². The van der Waals surface area contributed by atoms with E-state index in [0.717, 1.165) is 28.9 Å². The minimum Gasteiger partial charge on any atom is -0.497 e. The van der Waals surface area contributed by atoms with Gasteiger partial charge >= 0.3 is 0 Å². The molecule has 1 aromatic heterocycles. The van der Waals surface area contributed by atoms with Crippen LogP contribution >= 0.6 is 11.3 Å². The molecule has 1 aliphatic rings. The van der Waals surface area contributed by atoms with Crippen molar-refractivity contribution in [3.05, 3.63) is 48.0 Å². The summed E-state index contributed by atoms with van der Waals surface area (Å²) in [5.41, 5.74) is 1.93. The SMILES string of the molecule is CCN(CC)CCN(C(=O)C1CCCN1S(=O)(=O)c1ccc(OC)cc1)c1nc2c(C)cccc2s1. The molecule has 1 saturated heterocycles. The third-order valence-corrected chi connectivity index (χ3v) is 9.76. The number of rotatable bonds is 10. The smallest absolute Gasteiger partial charge is 0.247 e. The fraction of sp³-hybridized carbons (Fsp3) is 0.462. The summed E-state index contributed by atoms with van der Waals surface area (Å²) in [4.78, 5) is 23.0. The van der Waals surface area contributed by atoms with E-state index in [1.54, 1.807) is 17.0 Å². The summed E-state index contributed by atoms with van der Waals surface area (Å²) in [5, 5.41) is 0.616. The molecule has 1 aliphatic heterocycles. The Morgan fingerprint density at radius 1 is 1.14 bits per heavy atom. The molecule has 2 aromatic carbocycles. The molecular formula is C26H34N4O4S2. The van der Waals surface area contributed by atoms with Crippen LogP contribution in [0.4, 0.5) is 5.13 Å². The maximum Gasteiger partial charge on any atom is 0.247 e. The molecule has 0 N–H and O–H groups in total. The van der Waals surface area contributed by atoms with E-state index < -0.39 is 16.1 Å². The van der Waals surface area contributed by atoms with Gasteiger partial charge in [0, 0.05) is 19.6 Å². The predicted octanol–water partition coefficient (Wildman–Crippen LogP) is 4.14. The third kappa shape index (κ3) is 5.27. The number of likely N-dealkylation sites (N-methyl/N-ethyl adjacent to an activating group) is 1. The Hall–Kier alpha value is -2.53. The molecule has 0 radical (unpaired) electrons. The van der Waals surface area contributed by atoms with Crippen molar-refractivity contribution < 1.29 is 17.9 Å². The monoisotopic (exact) mass is 530 g/mol. The highest BCUT2D eigenvalue weighted by molar-refractivity contribution is 7.89. The molecule has 1 amide bonds. The molecule has 194 valence electrons. The van der Waals surface area contributed by atoms with Gasteiger partial charge in [-0.2, -0.15) is 4.31 Å². The number of fused-ring (bicyclic) bond motifs is 1. The summed E-state index contributed by atoms with van der Waals surface area (Å²) in [7, 11) is -2.31. The summed E-state index contributed by atoms with van der Waals surface area (Å²) < 4.78 is 34.6. The van der Waals surface area contributed by atoms with Crippen LogP contribution in [0.25, 0.3) is 10.2 Å². The molecule has 0 spiro atoms. The number of hydrogen-bond donors (Lipinski definition) is 0. The van der Waals surface area contributed by atoms with Crippen molar-refractivity contribution in [2.45, 2.75) is 44.6 Å². The normalized spacial score (nSPS) is 16.6. The van der Waals surface area contributed by atoms with Crippen LogP contribution in [0.2, 0.25) is 0 Å². The largest absolute Gasteiger partial charge is 0.497 e. The van der Waals surface area contributed by atoms with Gasteiger partial charge in [0.25, 0.3) is 0 Å². The minimum absolute atomic E-state index is 0.160. The van der Waals surface area contributed by atoms with Gasteiger partial charge in [-0.05, 0) is 68.8 Å². The number of nitrogens with zero attached hydrogens (tertiary/aromatic N) is 4. The Morgan fingerprint density at radius 2 is 1.86 bits per heavy atom. The van der Waals surface area contributed by atoms with Gasteiger partial charge in [-0.25, -0.2) is 13.4 Å². The second kappa shape index (κ2) is 11.2. The second-order valence-electron chi connectivity index (χ2n) is 8.88. The number of sulfonamides is 1.